The van der Waals surface area contributed by atoms with Crippen LogP contribution < -0.4 is 9.88 Å². The highest BCUT2D eigenvalue weighted by Gasteiger charge is 2.20. The molecule has 2 aromatic carbocycles. The summed E-state index contributed by atoms with van der Waals surface area (Å²) in [4.78, 5) is 15.6. The number of sulfonamides is 1. The fourth-order valence-corrected chi connectivity index (χ4v) is 3.74. The van der Waals surface area contributed by atoms with E-state index in [0.717, 1.165) is 16.5 Å². The van der Waals surface area contributed by atoms with E-state index in [2.05, 4.69) is 4.98 Å². The molecule has 1 heterocycles. The summed E-state index contributed by atoms with van der Waals surface area (Å²) in [5.41, 5.74) is 2.06. The van der Waals surface area contributed by atoms with Crippen LogP contribution >= 0.6 is 11.6 Å². The summed E-state index contributed by atoms with van der Waals surface area (Å²) in [6, 6.07) is 9.42. The molecule has 3 rings (SSSR count). The molecule has 0 bridgehead atoms. The summed E-state index contributed by atoms with van der Waals surface area (Å²) in [6.45, 7) is 1.81. The molecule has 3 aromatic rings. The first-order valence-electron chi connectivity index (χ1n) is 7.25. The maximum atomic E-state index is 12.8. The van der Waals surface area contributed by atoms with Crippen molar-refractivity contribution in [3.63, 3.8) is 0 Å². The highest BCUT2D eigenvalue weighted by atomic mass is 35.5. The second-order valence-corrected chi connectivity index (χ2v) is 7.49. The molecule has 0 radical (unpaired) electrons. The summed E-state index contributed by atoms with van der Waals surface area (Å²) in [7, 11) is -2.46. The number of ketones is 1. The number of fused-ring (bicyclic) bond motifs is 1. The lowest BCUT2D eigenvalue weighted by molar-refractivity contribution is 0.103. The molecule has 0 aliphatic carbocycles. The number of benzene rings is 2. The van der Waals surface area contributed by atoms with Crippen LogP contribution in [0.15, 0.2) is 41.3 Å². The highest BCUT2D eigenvalue weighted by Crippen LogP contribution is 2.28. The summed E-state index contributed by atoms with van der Waals surface area (Å²) < 4.78 is 28.4. The molecule has 3 N–H and O–H groups in total. The number of carbonyl (C=O) groups is 1. The zero-order chi connectivity index (χ0) is 18.4. The molecule has 130 valence electrons. The second-order valence-electron chi connectivity index (χ2n) is 5.56. The molecular formula is C17H15ClN2O4S. The minimum atomic E-state index is -4.03. The zero-order valence-corrected chi connectivity index (χ0v) is 15.0. The smallest absolute Gasteiger partial charge is 0.239 e. The maximum Gasteiger partial charge on any atom is 0.239 e. The normalized spacial score (nSPS) is 11.7. The number of aromatic amines is 1. The van der Waals surface area contributed by atoms with Crippen LogP contribution in [0.2, 0.25) is 5.02 Å². The number of halogens is 1. The molecule has 0 aliphatic heterocycles. The number of aromatic nitrogens is 1. The third-order valence-corrected chi connectivity index (χ3v) is 5.38. The average molecular weight is 379 g/mol. The Hall–Kier alpha value is -2.35. The van der Waals surface area contributed by atoms with E-state index < -0.39 is 10.0 Å². The summed E-state index contributed by atoms with van der Waals surface area (Å²) in [5.74, 6) is 0.325. The van der Waals surface area contributed by atoms with Gasteiger partial charge >= 0.3 is 0 Å². The van der Waals surface area contributed by atoms with Crippen molar-refractivity contribution in [2.75, 3.05) is 7.11 Å². The van der Waals surface area contributed by atoms with Crippen LogP contribution in [0.1, 0.15) is 21.6 Å². The fraction of sp³-hybridized carbons (Fsp3) is 0.118. The lowest BCUT2D eigenvalue weighted by Gasteiger charge is -2.05. The van der Waals surface area contributed by atoms with Gasteiger partial charge in [0, 0.05) is 16.5 Å². The molecular weight excluding hydrogens is 364 g/mol. The van der Waals surface area contributed by atoms with Gasteiger partial charge in [-0.1, -0.05) is 11.6 Å². The largest absolute Gasteiger partial charge is 0.497 e. The highest BCUT2D eigenvalue weighted by molar-refractivity contribution is 7.89. The van der Waals surface area contributed by atoms with Gasteiger partial charge in [-0.3, -0.25) is 4.79 Å². The Balaban J connectivity index is 2.13. The van der Waals surface area contributed by atoms with E-state index in [0.29, 0.717) is 11.4 Å². The third-order valence-electron chi connectivity index (χ3n) is 3.99. The van der Waals surface area contributed by atoms with Gasteiger partial charge in [0.25, 0.3) is 0 Å². The van der Waals surface area contributed by atoms with Gasteiger partial charge < -0.3 is 9.72 Å². The van der Waals surface area contributed by atoms with Gasteiger partial charge in [-0.15, -0.1) is 0 Å². The van der Waals surface area contributed by atoms with Crippen LogP contribution in [0, 0.1) is 6.92 Å². The number of hydrogen-bond acceptors (Lipinski definition) is 4. The molecule has 8 heteroatoms. The van der Waals surface area contributed by atoms with Gasteiger partial charge in [0.1, 0.15) is 10.6 Å². The minimum absolute atomic E-state index is 0.0304. The lowest BCUT2D eigenvalue weighted by Crippen LogP contribution is -2.14. The van der Waals surface area contributed by atoms with E-state index in [1.54, 1.807) is 13.2 Å². The Morgan fingerprint density at radius 3 is 2.56 bits per heavy atom. The van der Waals surface area contributed by atoms with Gasteiger partial charge in [0.15, 0.2) is 0 Å². The SMILES string of the molecule is COc1ccc2[nH]c(C(=O)c3ccc(Cl)c(S(N)(=O)=O)c3)c(C)c2c1. The Kier molecular flexibility index (Phi) is 4.32. The number of methoxy groups -OCH3 is 1. The van der Waals surface area contributed by atoms with E-state index in [4.69, 9.17) is 21.5 Å². The molecule has 1 aromatic heterocycles. The Labute approximate surface area is 149 Å². The van der Waals surface area contributed by atoms with Crippen LogP contribution in [0.4, 0.5) is 0 Å². The van der Waals surface area contributed by atoms with E-state index in [1.165, 1.54) is 18.2 Å². The van der Waals surface area contributed by atoms with E-state index in [1.807, 2.05) is 19.1 Å². The number of primary sulfonamides is 1. The number of nitrogens with one attached hydrogen (secondary N) is 1. The predicted molar refractivity (Wildman–Crippen MR) is 95.8 cm³/mol. The monoisotopic (exact) mass is 378 g/mol. The Bertz CT molecular complexity index is 1100. The molecule has 25 heavy (non-hydrogen) atoms. The first-order chi connectivity index (χ1) is 11.7. The number of hydrogen-bond donors (Lipinski definition) is 2. The van der Waals surface area contributed by atoms with Crippen LogP contribution in [0.3, 0.4) is 0 Å². The van der Waals surface area contributed by atoms with Gasteiger partial charge in [0.2, 0.25) is 15.8 Å². The van der Waals surface area contributed by atoms with Crippen molar-refractivity contribution in [2.45, 2.75) is 11.8 Å². The lowest BCUT2D eigenvalue weighted by atomic mass is 10.0. The molecule has 0 aliphatic rings. The molecule has 6 nitrogen and oxygen atoms in total. The van der Waals surface area contributed by atoms with Crippen LogP contribution in [-0.4, -0.2) is 26.3 Å². The van der Waals surface area contributed by atoms with E-state index >= 15 is 0 Å². The molecule has 0 amide bonds. The minimum Gasteiger partial charge on any atom is -0.497 e. The molecule has 0 unspecified atom stereocenters. The molecule has 0 atom stereocenters. The van der Waals surface area contributed by atoms with Crippen LogP contribution in [0.5, 0.6) is 5.75 Å². The molecule has 0 saturated heterocycles. The quantitative estimate of drug-likeness (QED) is 0.681. The van der Waals surface area contributed by atoms with Crippen LogP contribution in [0.25, 0.3) is 10.9 Å². The van der Waals surface area contributed by atoms with Crippen molar-refractivity contribution in [1.29, 1.82) is 0 Å². The predicted octanol–water partition coefficient (Wildman–Crippen LogP) is 3.02. The van der Waals surface area contributed by atoms with Crippen LogP contribution in [-0.2, 0) is 10.0 Å². The van der Waals surface area contributed by atoms with Crippen molar-refractivity contribution < 1.29 is 17.9 Å². The Morgan fingerprint density at radius 1 is 1.20 bits per heavy atom. The Morgan fingerprint density at radius 2 is 1.92 bits per heavy atom. The number of H-pyrrole nitrogens is 1. The number of carbonyl (C=O) groups excluding carboxylic acids is 1. The summed E-state index contributed by atoms with van der Waals surface area (Å²) >= 11 is 5.87. The number of ether oxygens (including phenoxy) is 1. The van der Waals surface area contributed by atoms with Gasteiger partial charge in [-0.05, 0) is 48.9 Å². The van der Waals surface area contributed by atoms with Crippen molar-refractivity contribution in [1.82, 2.24) is 4.98 Å². The zero-order valence-electron chi connectivity index (χ0n) is 13.5. The average Bonchev–Trinajstić information content (AvgIpc) is 2.90. The van der Waals surface area contributed by atoms with Crippen molar-refractivity contribution in [3.8, 4) is 5.75 Å². The number of aryl methyl sites for hydroxylation is 1. The maximum absolute atomic E-state index is 12.8. The number of rotatable bonds is 4. The van der Waals surface area contributed by atoms with Gasteiger partial charge in [-0.25, -0.2) is 13.6 Å². The second kappa shape index (κ2) is 6.18. The summed E-state index contributed by atoms with van der Waals surface area (Å²) in [5, 5.41) is 5.96. The fourth-order valence-electron chi connectivity index (χ4n) is 2.67. The first-order valence-corrected chi connectivity index (χ1v) is 9.18. The molecule has 0 spiro atoms. The molecule has 0 fully saturated rings. The number of nitrogens with two attached hydrogens (primary N) is 1. The third kappa shape index (κ3) is 3.13. The van der Waals surface area contributed by atoms with Crippen molar-refractivity contribution in [3.05, 3.63) is 58.2 Å². The summed E-state index contributed by atoms with van der Waals surface area (Å²) in [6.07, 6.45) is 0. The molecule has 0 saturated carbocycles. The van der Waals surface area contributed by atoms with E-state index in [9.17, 15) is 13.2 Å². The van der Waals surface area contributed by atoms with Gasteiger partial charge in [-0.2, -0.15) is 0 Å². The topological polar surface area (TPSA) is 102 Å². The van der Waals surface area contributed by atoms with E-state index in [-0.39, 0.29) is 21.3 Å². The van der Waals surface area contributed by atoms with Crippen molar-refractivity contribution in [2.24, 2.45) is 5.14 Å². The standard InChI is InChI=1S/C17H15ClN2O4S/c1-9-12-8-11(24-2)4-6-14(12)20-16(9)17(21)10-3-5-13(18)15(7-10)25(19,22)23/h3-8,20H,1-2H3,(H2,19,22,23). The first kappa shape index (κ1) is 17.5. The van der Waals surface area contributed by atoms with Gasteiger partial charge in [0.05, 0.1) is 17.8 Å². The van der Waals surface area contributed by atoms with Crippen molar-refractivity contribution >= 4 is 38.3 Å².